The van der Waals surface area contributed by atoms with Crippen molar-refractivity contribution in [2.75, 3.05) is 53.6 Å². The summed E-state index contributed by atoms with van der Waals surface area (Å²) >= 11 is 0. The number of rotatable bonds is 8. The maximum atomic E-state index is 14.1. The highest BCUT2D eigenvalue weighted by Crippen LogP contribution is 2.33. The van der Waals surface area contributed by atoms with E-state index in [-0.39, 0.29) is 18.5 Å². The Bertz CT molecular complexity index is 1810. The van der Waals surface area contributed by atoms with Crippen molar-refractivity contribution in [2.45, 2.75) is 25.9 Å². The number of para-hydroxylation sites is 1. The normalized spacial score (nSPS) is 19.2. The average molecular weight is 596 g/mol. The molecule has 2 atom stereocenters. The lowest BCUT2D eigenvalue weighted by Gasteiger charge is -2.41. The molecule has 5 heterocycles. The summed E-state index contributed by atoms with van der Waals surface area (Å²) < 4.78 is 18.7. The van der Waals surface area contributed by atoms with E-state index in [1.54, 1.807) is 14.2 Å². The van der Waals surface area contributed by atoms with Crippen LogP contribution in [0.4, 0.5) is 0 Å². The Hall–Kier alpha value is -4.48. The second-order valence-corrected chi connectivity index (χ2v) is 11.6. The average Bonchev–Trinajstić information content (AvgIpc) is 3.81. The molecule has 2 aliphatic heterocycles. The van der Waals surface area contributed by atoms with Crippen LogP contribution in [0.1, 0.15) is 24.1 Å². The number of aromatic nitrogens is 5. The molecule has 2 aromatic carbocycles. The Balaban J connectivity index is 1.20. The van der Waals surface area contributed by atoms with Crippen LogP contribution in [0.3, 0.4) is 0 Å². The number of benzene rings is 2. The number of hydrogen-bond donors (Lipinski definition) is 1. The number of aromatic amines is 1. The van der Waals surface area contributed by atoms with E-state index in [0.29, 0.717) is 24.9 Å². The summed E-state index contributed by atoms with van der Waals surface area (Å²) in [5.74, 6) is 3.31. The zero-order chi connectivity index (χ0) is 30.2. The Morgan fingerprint density at radius 3 is 2.77 bits per heavy atom. The van der Waals surface area contributed by atoms with E-state index in [1.807, 2.05) is 65.1 Å². The molecule has 2 saturated heterocycles. The zero-order valence-corrected chi connectivity index (χ0v) is 25.3. The van der Waals surface area contributed by atoms with E-state index in [9.17, 15) is 4.79 Å². The molecular formula is C33H37N7O4. The molecule has 44 heavy (non-hydrogen) atoms. The van der Waals surface area contributed by atoms with Crippen molar-refractivity contribution in [3.63, 3.8) is 0 Å². The summed E-state index contributed by atoms with van der Waals surface area (Å²) in [6.45, 7) is 6.74. The van der Waals surface area contributed by atoms with E-state index in [1.165, 1.54) is 0 Å². The van der Waals surface area contributed by atoms with E-state index in [2.05, 4.69) is 20.9 Å². The first-order valence-electron chi connectivity index (χ1n) is 15.1. The van der Waals surface area contributed by atoms with Crippen LogP contribution in [0.15, 0.2) is 54.7 Å². The van der Waals surface area contributed by atoms with Gasteiger partial charge in [-0.1, -0.05) is 18.2 Å². The summed E-state index contributed by atoms with van der Waals surface area (Å²) in [7, 11) is 3.27. The number of piperazine rings is 1. The molecule has 0 saturated carbocycles. The van der Waals surface area contributed by atoms with Gasteiger partial charge in [-0.05, 0) is 43.5 Å². The van der Waals surface area contributed by atoms with Crippen molar-refractivity contribution in [3.05, 3.63) is 66.4 Å². The maximum Gasteiger partial charge on any atom is 0.243 e. The van der Waals surface area contributed by atoms with E-state index in [0.717, 1.165) is 83.3 Å². The van der Waals surface area contributed by atoms with Gasteiger partial charge in [0, 0.05) is 44.2 Å². The van der Waals surface area contributed by atoms with Gasteiger partial charge in [-0.2, -0.15) is 0 Å². The Morgan fingerprint density at radius 1 is 1.07 bits per heavy atom. The summed E-state index contributed by atoms with van der Waals surface area (Å²) in [6, 6.07) is 15.5. The van der Waals surface area contributed by atoms with E-state index >= 15 is 0 Å². The van der Waals surface area contributed by atoms with Gasteiger partial charge in [-0.25, -0.2) is 15.0 Å². The maximum absolute atomic E-state index is 14.1. The van der Waals surface area contributed by atoms with Gasteiger partial charge in [0.25, 0.3) is 0 Å². The van der Waals surface area contributed by atoms with Crippen LogP contribution in [0.5, 0.6) is 11.6 Å². The fourth-order valence-electron chi connectivity index (χ4n) is 6.50. The van der Waals surface area contributed by atoms with E-state index < -0.39 is 0 Å². The van der Waals surface area contributed by atoms with Gasteiger partial charge in [0.05, 0.1) is 54.8 Å². The molecule has 11 nitrogen and oxygen atoms in total. The summed E-state index contributed by atoms with van der Waals surface area (Å²) in [5, 5.41) is 1.01. The number of carbonyl (C=O) groups excluding carboxylic acids is 1. The number of nitrogens with one attached hydrogen (secondary N) is 1. The lowest BCUT2D eigenvalue weighted by atomic mass is 10.1. The second kappa shape index (κ2) is 11.9. The molecule has 3 aromatic heterocycles. The highest BCUT2D eigenvalue weighted by atomic mass is 16.5. The first-order chi connectivity index (χ1) is 21.5. The number of nitrogens with zero attached hydrogens (tertiary/aromatic N) is 6. The molecule has 1 N–H and O–H groups in total. The number of pyridine rings is 1. The Labute approximate surface area is 255 Å². The monoisotopic (exact) mass is 595 g/mol. The summed E-state index contributed by atoms with van der Waals surface area (Å²) in [4.78, 5) is 36.3. The molecule has 2 fully saturated rings. The molecule has 11 heteroatoms. The summed E-state index contributed by atoms with van der Waals surface area (Å²) in [5.41, 5.74) is 4.21. The molecule has 0 radical (unpaired) electrons. The van der Waals surface area contributed by atoms with Crippen molar-refractivity contribution in [2.24, 2.45) is 5.92 Å². The van der Waals surface area contributed by atoms with Gasteiger partial charge in [-0.3, -0.25) is 9.69 Å². The number of methoxy groups -OCH3 is 2. The minimum Gasteiger partial charge on any atom is -0.497 e. The standard InChI is InChI=1S/C33H37N7O4/c1-21-35-27-9-8-24(42-2)15-29(27)40(21)19-31(41)39-12-11-38(17-22-10-13-44-20-22)18-30(39)32-34-16-28(36-32)25-14-23-6-4-5-7-26(23)37-33(25)43-3/h4-9,14-16,22,30H,10-13,17-20H2,1-3H3,(H,34,36)/t22?,30-/m0/s1. The topological polar surface area (TPSA) is 111 Å². The number of hydrogen-bond acceptors (Lipinski definition) is 8. The molecule has 5 aromatic rings. The SMILES string of the molecule is COc1ccc2nc(C)n(CC(=O)N3CCN(CC4CCOC4)C[C@H]3c3ncc(-c4cc5ccccc5nc4OC)[nH]3)c2c1. The predicted molar refractivity (Wildman–Crippen MR) is 167 cm³/mol. The molecule has 1 unspecified atom stereocenters. The minimum atomic E-state index is -0.253. The first-order valence-corrected chi connectivity index (χ1v) is 15.1. The van der Waals surface area contributed by atoms with Gasteiger partial charge in [0.2, 0.25) is 11.8 Å². The third-order valence-corrected chi connectivity index (χ3v) is 8.85. The number of ether oxygens (including phenoxy) is 3. The van der Waals surface area contributed by atoms with Gasteiger partial charge in [0.15, 0.2) is 0 Å². The number of fused-ring (bicyclic) bond motifs is 2. The van der Waals surface area contributed by atoms with Crippen LogP contribution in [-0.2, 0) is 16.1 Å². The number of amides is 1. The highest BCUT2D eigenvalue weighted by molar-refractivity contribution is 5.85. The quantitative estimate of drug-likeness (QED) is 0.284. The molecule has 2 aliphatic rings. The largest absolute Gasteiger partial charge is 0.497 e. The smallest absolute Gasteiger partial charge is 0.243 e. The number of aryl methyl sites for hydroxylation is 1. The first kappa shape index (κ1) is 28.3. The van der Waals surface area contributed by atoms with Crippen molar-refractivity contribution in [3.8, 4) is 22.9 Å². The molecule has 0 bridgehead atoms. The van der Waals surface area contributed by atoms with Crippen molar-refractivity contribution >= 4 is 27.8 Å². The van der Waals surface area contributed by atoms with E-state index in [4.69, 9.17) is 24.2 Å². The third-order valence-electron chi connectivity index (χ3n) is 8.85. The zero-order valence-electron chi connectivity index (χ0n) is 25.3. The number of carbonyl (C=O) groups is 1. The second-order valence-electron chi connectivity index (χ2n) is 11.6. The molecule has 228 valence electrons. The van der Waals surface area contributed by atoms with Gasteiger partial charge >= 0.3 is 0 Å². The predicted octanol–water partition coefficient (Wildman–Crippen LogP) is 4.22. The van der Waals surface area contributed by atoms with Crippen LogP contribution in [-0.4, -0.2) is 93.8 Å². The lowest BCUT2D eigenvalue weighted by molar-refractivity contribution is -0.137. The molecule has 1 amide bonds. The lowest BCUT2D eigenvalue weighted by Crippen LogP contribution is -2.52. The van der Waals surface area contributed by atoms with Gasteiger partial charge < -0.3 is 28.7 Å². The van der Waals surface area contributed by atoms with Gasteiger partial charge in [0.1, 0.15) is 30.0 Å². The van der Waals surface area contributed by atoms with Crippen molar-refractivity contribution in [1.82, 2.24) is 34.3 Å². The molecular weight excluding hydrogens is 558 g/mol. The van der Waals surface area contributed by atoms with Gasteiger partial charge in [-0.15, -0.1) is 0 Å². The Kier molecular flexibility index (Phi) is 7.65. The summed E-state index contributed by atoms with van der Waals surface area (Å²) in [6.07, 6.45) is 2.88. The highest BCUT2D eigenvalue weighted by Gasteiger charge is 2.35. The van der Waals surface area contributed by atoms with Crippen molar-refractivity contribution < 1.29 is 19.0 Å². The van der Waals surface area contributed by atoms with Crippen LogP contribution in [0, 0.1) is 12.8 Å². The molecule has 0 aliphatic carbocycles. The third kappa shape index (κ3) is 5.37. The molecule has 0 spiro atoms. The van der Waals surface area contributed by atoms with Crippen LogP contribution in [0.25, 0.3) is 33.2 Å². The molecule has 7 rings (SSSR count). The minimum absolute atomic E-state index is 0.0203. The number of H-pyrrole nitrogens is 1. The van der Waals surface area contributed by atoms with Crippen LogP contribution >= 0.6 is 0 Å². The van der Waals surface area contributed by atoms with Crippen LogP contribution < -0.4 is 9.47 Å². The number of imidazole rings is 2. The van der Waals surface area contributed by atoms with Crippen LogP contribution in [0.2, 0.25) is 0 Å². The fourth-order valence-corrected chi connectivity index (χ4v) is 6.50. The Morgan fingerprint density at radius 2 is 1.95 bits per heavy atom. The fraction of sp³-hybridized carbons (Fsp3) is 0.394. The van der Waals surface area contributed by atoms with Crippen molar-refractivity contribution in [1.29, 1.82) is 0 Å².